The second-order valence-corrected chi connectivity index (χ2v) is 9.39. The first-order valence-corrected chi connectivity index (χ1v) is 11.9. The number of carbonyl (C=O) groups is 2. The largest absolute Gasteiger partial charge is 0.507 e. The number of aliphatic hydroxyl groups excluding tert-OH is 1. The van der Waals surface area contributed by atoms with E-state index in [1.165, 1.54) is 0 Å². The molecule has 0 aliphatic carbocycles. The van der Waals surface area contributed by atoms with Crippen molar-refractivity contribution in [2.45, 2.75) is 32.2 Å². The lowest BCUT2D eigenvalue weighted by molar-refractivity contribution is -0.137. The average Bonchev–Trinajstić information content (AvgIpc) is 3.13. The molecule has 0 radical (unpaired) electrons. The molecule has 1 atom stereocenters. The van der Waals surface area contributed by atoms with Gasteiger partial charge in [-0.05, 0) is 67.9 Å². The summed E-state index contributed by atoms with van der Waals surface area (Å²) in [5, 5.41) is 11.3. The van der Waals surface area contributed by atoms with Gasteiger partial charge >= 0.3 is 6.18 Å². The lowest BCUT2D eigenvalue weighted by Crippen LogP contribution is -2.29. The average molecular weight is 525 g/mol. The molecule has 1 aliphatic heterocycles. The summed E-state index contributed by atoms with van der Waals surface area (Å²) in [7, 11) is 3.71. The zero-order chi connectivity index (χ0) is 27.8. The van der Waals surface area contributed by atoms with Gasteiger partial charge in [0.2, 0.25) is 0 Å². The molecule has 1 aliphatic rings. The van der Waals surface area contributed by atoms with Crippen LogP contribution in [-0.2, 0) is 15.8 Å². The minimum Gasteiger partial charge on any atom is -0.507 e. The smallest absolute Gasteiger partial charge is 0.416 e. The van der Waals surface area contributed by atoms with Gasteiger partial charge in [0.1, 0.15) is 11.5 Å². The molecule has 0 aromatic heterocycles. The fourth-order valence-electron chi connectivity index (χ4n) is 4.32. The Bertz CT molecular complexity index is 1380. The molecule has 3 aromatic carbocycles. The van der Waals surface area contributed by atoms with Gasteiger partial charge in [-0.1, -0.05) is 24.3 Å². The van der Waals surface area contributed by atoms with Crippen molar-refractivity contribution in [2.24, 2.45) is 0 Å². The Kier molecular flexibility index (Phi) is 7.22. The second-order valence-electron chi connectivity index (χ2n) is 9.39. The number of carbonyl (C=O) groups excluding carboxylic acids is 2. The predicted octanol–water partition coefficient (Wildman–Crippen LogP) is 6.18. The van der Waals surface area contributed by atoms with Crippen molar-refractivity contribution in [1.29, 1.82) is 0 Å². The van der Waals surface area contributed by atoms with E-state index in [-0.39, 0.29) is 22.9 Å². The lowest BCUT2D eigenvalue weighted by Gasteiger charge is -2.26. The molecule has 4 rings (SSSR count). The van der Waals surface area contributed by atoms with Gasteiger partial charge in [0, 0.05) is 31.0 Å². The first kappa shape index (κ1) is 26.8. The summed E-state index contributed by atoms with van der Waals surface area (Å²) in [6, 6.07) is 16.4. The summed E-state index contributed by atoms with van der Waals surface area (Å²) >= 11 is 0. The Labute approximate surface area is 218 Å². The van der Waals surface area contributed by atoms with Crippen LogP contribution in [0.2, 0.25) is 0 Å². The fourth-order valence-corrected chi connectivity index (χ4v) is 4.32. The van der Waals surface area contributed by atoms with E-state index in [9.17, 15) is 27.9 Å². The maximum Gasteiger partial charge on any atom is 0.416 e. The van der Waals surface area contributed by atoms with Crippen LogP contribution in [0.3, 0.4) is 0 Å². The quantitative estimate of drug-likeness (QED) is 0.237. The molecular formula is C29H27F3N2O4. The molecule has 0 spiro atoms. The number of rotatable bonds is 6. The minimum absolute atomic E-state index is 0.0951. The van der Waals surface area contributed by atoms with E-state index in [1.54, 1.807) is 48.5 Å². The third kappa shape index (κ3) is 5.22. The maximum atomic E-state index is 13.3. The van der Waals surface area contributed by atoms with Gasteiger partial charge in [-0.2, -0.15) is 13.2 Å². The van der Waals surface area contributed by atoms with Crippen molar-refractivity contribution in [3.05, 3.63) is 95.1 Å². The summed E-state index contributed by atoms with van der Waals surface area (Å²) in [4.78, 5) is 29.6. The van der Waals surface area contributed by atoms with Crippen molar-refractivity contribution >= 4 is 28.8 Å². The monoisotopic (exact) mass is 524 g/mol. The van der Waals surface area contributed by atoms with E-state index < -0.39 is 35.2 Å². The number of alkyl halides is 3. The van der Waals surface area contributed by atoms with Crippen LogP contribution < -0.4 is 14.5 Å². The van der Waals surface area contributed by atoms with E-state index in [1.807, 2.05) is 32.8 Å². The van der Waals surface area contributed by atoms with Crippen LogP contribution in [0.1, 0.15) is 36.6 Å². The number of ketones is 1. The molecule has 6 nitrogen and oxygen atoms in total. The number of nitrogens with zero attached hydrogens (tertiary/aromatic N) is 2. The Hall–Kier alpha value is -4.27. The molecule has 3 aromatic rings. The van der Waals surface area contributed by atoms with Crippen LogP contribution in [0.5, 0.6) is 5.75 Å². The number of ether oxygens (including phenoxy) is 1. The van der Waals surface area contributed by atoms with Crippen LogP contribution in [0.4, 0.5) is 24.5 Å². The van der Waals surface area contributed by atoms with Gasteiger partial charge in [0.05, 0.1) is 23.3 Å². The fraction of sp³-hybridized carbons (Fsp3) is 0.241. The van der Waals surface area contributed by atoms with E-state index in [0.29, 0.717) is 11.3 Å². The number of halogens is 3. The van der Waals surface area contributed by atoms with Gasteiger partial charge in [-0.25, -0.2) is 0 Å². The van der Waals surface area contributed by atoms with Gasteiger partial charge < -0.3 is 14.7 Å². The predicted molar refractivity (Wildman–Crippen MR) is 139 cm³/mol. The van der Waals surface area contributed by atoms with Crippen LogP contribution in [0, 0.1) is 0 Å². The third-order valence-electron chi connectivity index (χ3n) is 6.12. The standard InChI is InChI=1S/C29H27F3N2O4/c1-17(2)38-23-7-5-6-19(16-23)26(35)24-25(18-8-12-21(13-9-18)33(3)4)34(28(37)27(24)36)22-14-10-20(11-15-22)29(30,31)32/h5-17,25,35H,1-4H3/b26-24+. The summed E-state index contributed by atoms with van der Waals surface area (Å²) in [5.74, 6) is -1.84. The summed E-state index contributed by atoms with van der Waals surface area (Å²) < 4.78 is 45.2. The number of aliphatic hydroxyl groups is 1. The lowest BCUT2D eigenvalue weighted by atomic mass is 9.94. The number of Topliss-reactive ketones (excluding diaryl/α,β-unsaturated/α-hetero) is 1. The Morgan fingerprint density at radius 1 is 0.974 bits per heavy atom. The molecule has 9 heteroatoms. The van der Waals surface area contributed by atoms with Crippen LogP contribution >= 0.6 is 0 Å². The number of amides is 1. The number of anilines is 2. The maximum absolute atomic E-state index is 13.3. The molecule has 38 heavy (non-hydrogen) atoms. The molecular weight excluding hydrogens is 497 g/mol. The molecule has 1 unspecified atom stereocenters. The van der Waals surface area contributed by atoms with E-state index in [2.05, 4.69) is 0 Å². The van der Waals surface area contributed by atoms with Gasteiger partial charge in [-0.15, -0.1) is 0 Å². The van der Waals surface area contributed by atoms with Crippen LogP contribution in [0.15, 0.2) is 78.4 Å². The van der Waals surface area contributed by atoms with Crippen LogP contribution in [-0.4, -0.2) is 37.0 Å². The highest BCUT2D eigenvalue weighted by atomic mass is 19.4. The topological polar surface area (TPSA) is 70.1 Å². The SMILES string of the molecule is CC(C)Oc1cccc(/C(O)=C2\C(=O)C(=O)N(c3ccc(C(F)(F)F)cc3)C2c2ccc(N(C)C)cc2)c1. The van der Waals surface area contributed by atoms with E-state index in [4.69, 9.17) is 4.74 Å². The first-order chi connectivity index (χ1) is 17.9. The summed E-state index contributed by atoms with van der Waals surface area (Å²) in [6.45, 7) is 3.69. The van der Waals surface area contributed by atoms with Crippen LogP contribution in [0.25, 0.3) is 5.76 Å². The van der Waals surface area contributed by atoms with Crippen molar-refractivity contribution < 1.29 is 32.6 Å². The normalized spacial score (nSPS) is 17.3. The molecule has 1 N–H and O–H groups in total. The van der Waals surface area contributed by atoms with Gasteiger partial charge in [0.15, 0.2) is 0 Å². The third-order valence-corrected chi connectivity index (χ3v) is 6.12. The Morgan fingerprint density at radius 2 is 1.61 bits per heavy atom. The zero-order valence-electron chi connectivity index (χ0n) is 21.3. The molecule has 1 amide bonds. The number of hydrogen-bond acceptors (Lipinski definition) is 5. The van der Waals surface area contributed by atoms with E-state index >= 15 is 0 Å². The number of hydrogen-bond donors (Lipinski definition) is 1. The molecule has 0 saturated carbocycles. The van der Waals surface area contributed by atoms with E-state index in [0.717, 1.165) is 34.9 Å². The second kappa shape index (κ2) is 10.2. The molecule has 1 fully saturated rings. The molecule has 198 valence electrons. The van der Waals surface area contributed by atoms with Crippen molar-refractivity contribution in [2.75, 3.05) is 23.9 Å². The molecule has 1 heterocycles. The van der Waals surface area contributed by atoms with Crippen molar-refractivity contribution in [3.63, 3.8) is 0 Å². The van der Waals surface area contributed by atoms with Gasteiger partial charge in [0.25, 0.3) is 11.7 Å². The zero-order valence-corrected chi connectivity index (χ0v) is 21.3. The highest BCUT2D eigenvalue weighted by Gasteiger charge is 2.47. The number of benzene rings is 3. The first-order valence-electron chi connectivity index (χ1n) is 11.9. The van der Waals surface area contributed by atoms with Crippen molar-refractivity contribution in [1.82, 2.24) is 0 Å². The highest BCUT2D eigenvalue weighted by Crippen LogP contribution is 2.43. The van der Waals surface area contributed by atoms with Crippen molar-refractivity contribution in [3.8, 4) is 5.75 Å². The summed E-state index contributed by atoms with van der Waals surface area (Å²) in [6.07, 6.45) is -4.69. The Balaban J connectivity index is 1.88. The minimum atomic E-state index is -4.56. The molecule has 0 bridgehead atoms. The molecule has 1 saturated heterocycles. The Morgan fingerprint density at radius 3 is 2.16 bits per heavy atom. The van der Waals surface area contributed by atoms with Gasteiger partial charge in [-0.3, -0.25) is 14.5 Å². The summed E-state index contributed by atoms with van der Waals surface area (Å²) in [5.41, 5.74) is 0.673. The highest BCUT2D eigenvalue weighted by molar-refractivity contribution is 6.51.